The number of nitrogens with one attached hydrogen (secondary N) is 2. The van der Waals surface area contributed by atoms with Crippen LogP contribution in [-0.2, 0) is 0 Å². The van der Waals surface area contributed by atoms with Gasteiger partial charge in [0.1, 0.15) is 6.04 Å². The monoisotopic (exact) mass is 197 g/mol. The highest BCUT2D eigenvalue weighted by Gasteiger charge is 2.19. The fraction of sp³-hybridized carbons (Fsp3) is 0.556. The van der Waals surface area contributed by atoms with Gasteiger partial charge in [-0.1, -0.05) is 19.9 Å². The van der Waals surface area contributed by atoms with Gasteiger partial charge in [-0.25, -0.2) is 9.89 Å². The van der Waals surface area contributed by atoms with Crippen LogP contribution in [0.15, 0.2) is 21.5 Å². The van der Waals surface area contributed by atoms with Gasteiger partial charge in [0.25, 0.3) is 0 Å². The topological polar surface area (TPSA) is 70.9 Å². The van der Waals surface area contributed by atoms with Crippen LogP contribution in [-0.4, -0.2) is 10.2 Å². The number of aromatic amines is 1. The van der Waals surface area contributed by atoms with E-state index in [0.29, 0.717) is 5.89 Å². The van der Waals surface area contributed by atoms with E-state index < -0.39 is 5.76 Å². The SMILES string of the molecule is CC=CNC(c1n[nH]c(=O)o1)C(C)C. The van der Waals surface area contributed by atoms with E-state index in [9.17, 15) is 4.79 Å². The summed E-state index contributed by atoms with van der Waals surface area (Å²) in [5, 5.41) is 9.14. The summed E-state index contributed by atoms with van der Waals surface area (Å²) in [5.41, 5.74) is 0. The zero-order valence-electron chi connectivity index (χ0n) is 8.57. The Morgan fingerprint density at radius 1 is 1.57 bits per heavy atom. The molecule has 2 N–H and O–H groups in total. The third-order valence-corrected chi connectivity index (χ3v) is 1.83. The number of rotatable bonds is 4. The first-order chi connectivity index (χ1) is 6.65. The molecule has 5 nitrogen and oxygen atoms in total. The van der Waals surface area contributed by atoms with Crippen molar-refractivity contribution in [2.75, 3.05) is 0 Å². The van der Waals surface area contributed by atoms with Gasteiger partial charge in [-0.2, -0.15) is 0 Å². The molecule has 5 heteroatoms. The molecule has 1 aromatic rings. The molecule has 0 radical (unpaired) electrons. The van der Waals surface area contributed by atoms with Gasteiger partial charge in [-0.15, -0.1) is 5.10 Å². The minimum atomic E-state index is -0.520. The Bertz CT molecular complexity index is 351. The Balaban J connectivity index is 2.82. The molecular formula is C9H15N3O2. The van der Waals surface area contributed by atoms with E-state index in [4.69, 9.17) is 4.42 Å². The molecule has 1 unspecified atom stereocenters. The molecule has 0 spiro atoms. The second-order valence-corrected chi connectivity index (χ2v) is 3.34. The van der Waals surface area contributed by atoms with E-state index in [1.165, 1.54) is 0 Å². The van der Waals surface area contributed by atoms with Crippen molar-refractivity contribution in [2.24, 2.45) is 5.92 Å². The highest BCUT2D eigenvalue weighted by atomic mass is 16.4. The van der Waals surface area contributed by atoms with Crippen LogP contribution in [0.1, 0.15) is 32.7 Å². The summed E-state index contributed by atoms with van der Waals surface area (Å²) in [4.78, 5) is 10.8. The van der Waals surface area contributed by atoms with Crippen molar-refractivity contribution in [3.63, 3.8) is 0 Å². The van der Waals surface area contributed by atoms with Crippen LogP contribution in [0.25, 0.3) is 0 Å². The summed E-state index contributed by atoms with van der Waals surface area (Å²) in [6.07, 6.45) is 3.68. The molecule has 0 amide bonds. The smallest absolute Gasteiger partial charge is 0.390 e. The van der Waals surface area contributed by atoms with Crippen molar-refractivity contribution < 1.29 is 4.42 Å². The van der Waals surface area contributed by atoms with Crippen LogP contribution in [0, 0.1) is 5.92 Å². The third kappa shape index (κ3) is 2.48. The Hall–Kier alpha value is -1.52. The fourth-order valence-electron chi connectivity index (χ4n) is 1.12. The lowest BCUT2D eigenvalue weighted by Gasteiger charge is -2.16. The van der Waals surface area contributed by atoms with Gasteiger partial charge in [-0.3, -0.25) is 0 Å². The molecule has 0 aliphatic heterocycles. The third-order valence-electron chi connectivity index (χ3n) is 1.83. The number of allylic oxidation sites excluding steroid dienone is 1. The van der Waals surface area contributed by atoms with Gasteiger partial charge in [0.05, 0.1) is 0 Å². The molecule has 14 heavy (non-hydrogen) atoms. The van der Waals surface area contributed by atoms with Crippen LogP contribution < -0.4 is 11.1 Å². The molecule has 0 saturated carbocycles. The van der Waals surface area contributed by atoms with E-state index in [0.717, 1.165) is 0 Å². The number of hydrogen-bond donors (Lipinski definition) is 2. The van der Waals surface area contributed by atoms with Crippen LogP contribution in [0.2, 0.25) is 0 Å². The molecule has 0 aromatic carbocycles. The lowest BCUT2D eigenvalue weighted by molar-refractivity contribution is 0.345. The minimum Gasteiger partial charge on any atom is -0.390 e. The molecule has 1 aromatic heterocycles. The molecule has 1 rings (SSSR count). The van der Waals surface area contributed by atoms with Gasteiger partial charge in [-0.05, 0) is 19.0 Å². The molecule has 0 fully saturated rings. The summed E-state index contributed by atoms with van der Waals surface area (Å²) in [6.45, 7) is 5.96. The number of H-pyrrole nitrogens is 1. The second kappa shape index (κ2) is 4.64. The Kier molecular flexibility index (Phi) is 3.50. The van der Waals surface area contributed by atoms with Crippen LogP contribution >= 0.6 is 0 Å². The van der Waals surface area contributed by atoms with Crippen molar-refractivity contribution in [1.29, 1.82) is 0 Å². The van der Waals surface area contributed by atoms with Crippen molar-refractivity contribution in [3.05, 3.63) is 28.7 Å². The average molecular weight is 197 g/mol. The molecule has 1 atom stereocenters. The molecule has 0 aliphatic rings. The van der Waals surface area contributed by atoms with Crippen molar-refractivity contribution in [3.8, 4) is 0 Å². The first-order valence-electron chi connectivity index (χ1n) is 4.57. The van der Waals surface area contributed by atoms with Gasteiger partial charge < -0.3 is 9.73 Å². The minimum absolute atomic E-state index is 0.0786. The van der Waals surface area contributed by atoms with Gasteiger partial charge in [0, 0.05) is 0 Å². The Morgan fingerprint density at radius 2 is 2.29 bits per heavy atom. The molecule has 1 heterocycles. The first-order valence-corrected chi connectivity index (χ1v) is 4.57. The molecule has 0 saturated heterocycles. The van der Waals surface area contributed by atoms with E-state index in [-0.39, 0.29) is 12.0 Å². The summed E-state index contributed by atoms with van der Waals surface area (Å²) >= 11 is 0. The second-order valence-electron chi connectivity index (χ2n) is 3.34. The normalized spacial score (nSPS) is 13.7. The fourth-order valence-corrected chi connectivity index (χ4v) is 1.12. The molecular weight excluding hydrogens is 182 g/mol. The summed E-state index contributed by atoms with van der Waals surface area (Å²) < 4.78 is 4.89. The lowest BCUT2D eigenvalue weighted by Crippen LogP contribution is -2.21. The molecule has 78 valence electrons. The van der Waals surface area contributed by atoms with Crippen molar-refractivity contribution in [1.82, 2.24) is 15.5 Å². The van der Waals surface area contributed by atoms with E-state index in [1.807, 2.05) is 26.8 Å². The lowest BCUT2D eigenvalue weighted by atomic mass is 10.1. The summed E-state index contributed by atoms with van der Waals surface area (Å²) in [7, 11) is 0. The predicted octanol–water partition coefficient (Wildman–Crippen LogP) is 1.18. The number of nitrogens with zero attached hydrogens (tertiary/aromatic N) is 1. The van der Waals surface area contributed by atoms with Crippen molar-refractivity contribution >= 4 is 0 Å². The number of aromatic nitrogens is 2. The van der Waals surface area contributed by atoms with Gasteiger partial charge >= 0.3 is 5.76 Å². The van der Waals surface area contributed by atoms with Crippen LogP contribution in [0.4, 0.5) is 0 Å². The van der Waals surface area contributed by atoms with Crippen LogP contribution in [0.3, 0.4) is 0 Å². The largest absolute Gasteiger partial charge is 0.434 e. The first kappa shape index (κ1) is 10.6. The van der Waals surface area contributed by atoms with E-state index in [2.05, 4.69) is 15.5 Å². The zero-order chi connectivity index (χ0) is 10.6. The summed E-state index contributed by atoms with van der Waals surface area (Å²) in [6, 6.07) is -0.0786. The quantitative estimate of drug-likeness (QED) is 0.760. The Morgan fingerprint density at radius 3 is 2.71 bits per heavy atom. The highest BCUT2D eigenvalue weighted by Crippen LogP contribution is 2.17. The van der Waals surface area contributed by atoms with Gasteiger partial charge in [0.15, 0.2) is 0 Å². The number of hydrogen-bond acceptors (Lipinski definition) is 4. The van der Waals surface area contributed by atoms with Gasteiger partial charge in [0.2, 0.25) is 5.89 Å². The van der Waals surface area contributed by atoms with Crippen molar-refractivity contribution in [2.45, 2.75) is 26.8 Å². The van der Waals surface area contributed by atoms with E-state index >= 15 is 0 Å². The molecule has 0 aliphatic carbocycles. The average Bonchev–Trinajstić information content (AvgIpc) is 2.52. The maximum Gasteiger partial charge on any atom is 0.434 e. The highest BCUT2D eigenvalue weighted by molar-refractivity contribution is 4.92. The zero-order valence-corrected chi connectivity index (χ0v) is 8.57. The van der Waals surface area contributed by atoms with E-state index in [1.54, 1.807) is 6.20 Å². The summed E-state index contributed by atoms with van der Waals surface area (Å²) in [5.74, 6) is 0.161. The molecule has 0 bridgehead atoms. The predicted molar refractivity (Wildman–Crippen MR) is 52.7 cm³/mol. The Labute approximate surface area is 82.2 Å². The maximum absolute atomic E-state index is 10.8. The van der Waals surface area contributed by atoms with Crippen LogP contribution in [0.5, 0.6) is 0 Å². The maximum atomic E-state index is 10.8. The standard InChI is InChI=1S/C9H15N3O2/c1-4-5-10-7(6(2)3)8-11-12-9(13)14-8/h4-7,10H,1-3H3,(H,12,13).